The van der Waals surface area contributed by atoms with E-state index in [-0.39, 0.29) is 0 Å². The minimum Gasteiger partial charge on any atom is -0.480 e. The first-order valence-electron chi connectivity index (χ1n) is 11.4. The summed E-state index contributed by atoms with van der Waals surface area (Å²) in [4.78, 5) is 20.9. The van der Waals surface area contributed by atoms with Crippen LogP contribution in [0.15, 0.2) is 53.4 Å². The lowest BCUT2D eigenvalue weighted by atomic mass is 10.1. The van der Waals surface area contributed by atoms with Gasteiger partial charge >= 0.3 is 5.97 Å². The molecule has 0 fully saturated rings. The number of aryl methyl sites for hydroxylation is 2. The molecule has 0 bridgehead atoms. The van der Waals surface area contributed by atoms with Crippen LogP contribution in [0.4, 0.5) is 0 Å². The van der Waals surface area contributed by atoms with Crippen molar-refractivity contribution in [1.29, 1.82) is 0 Å². The summed E-state index contributed by atoms with van der Waals surface area (Å²) in [6.45, 7) is 10.8. The molecule has 1 aromatic heterocycles. The van der Waals surface area contributed by atoms with Gasteiger partial charge in [0.1, 0.15) is 4.75 Å². The molecule has 0 amide bonds. The van der Waals surface area contributed by atoms with Crippen LogP contribution < -0.4 is 0 Å². The first kappa shape index (κ1) is 26.4. The Morgan fingerprint density at radius 2 is 1.85 bits per heavy atom. The summed E-state index contributed by atoms with van der Waals surface area (Å²) >= 11 is 3.16. The Hall–Kier alpha value is -2.19. The zero-order valence-corrected chi connectivity index (χ0v) is 22.3. The lowest BCUT2D eigenvalue weighted by molar-refractivity contribution is -0.138. The number of carboxylic acid groups (broad SMARTS) is 1. The predicted molar refractivity (Wildman–Crippen MR) is 141 cm³/mol. The van der Waals surface area contributed by atoms with Crippen LogP contribution in [0.3, 0.4) is 0 Å². The van der Waals surface area contributed by atoms with Crippen molar-refractivity contribution < 1.29 is 14.6 Å². The van der Waals surface area contributed by atoms with Crippen LogP contribution in [0.1, 0.15) is 46.1 Å². The number of ether oxygens (including phenoxy) is 1. The van der Waals surface area contributed by atoms with E-state index in [1.54, 1.807) is 32.3 Å². The maximum atomic E-state index is 11.4. The van der Waals surface area contributed by atoms with E-state index in [9.17, 15) is 9.90 Å². The van der Waals surface area contributed by atoms with E-state index in [2.05, 4.69) is 55.1 Å². The van der Waals surface area contributed by atoms with Gasteiger partial charge in [0.25, 0.3) is 0 Å². The van der Waals surface area contributed by atoms with E-state index in [0.29, 0.717) is 6.61 Å². The molecule has 5 nitrogen and oxygen atoms in total. The SMILES string of the molecule is COCCN(Cc1ccc(SC(C)(C)C(=O)O)cc1)Cc1sc(Cc2cccc(C)c2)nc1C. The van der Waals surface area contributed by atoms with Crippen molar-refractivity contribution in [2.45, 2.75) is 56.8 Å². The van der Waals surface area contributed by atoms with Crippen LogP contribution in [-0.4, -0.2) is 46.0 Å². The Morgan fingerprint density at radius 1 is 1.12 bits per heavy atom. The molecule has 2 aromatic carbocycles. The third-order valence-corrected chi connectivity index (χ3v) is 7.91. The minimum absolute atomic E-state index is 0.661. The normalized spacial score (nSPS) is 11.8. The summed E-state index contributed by atoms with van der Waals surface area (Å²) in [7, 11) is 1.73. The van der Waals surface area contributed by atoms with Gasteiger partial charge in [-0.1, -0.05) is 42.0 Å². The predicted octanol–water partition coefficient (Wildman–Crippen LogP) is 5.95. The molecule has 1 heterocycles. The van der Waals surface area contributed by atoms with Gasteiger partial charge in [-0.05, 0) is 51.0 Å². The molecule has 34 heavy (non-hydrogen) atoms. The topological polar surface area (TPSA) is 62.7 Å². The van der Waals surface area contributed by atoms with E-state index < -0.39 is 10.7 Å². The van der Waals surface area contributed by atoms with Gasteiger partial charge in [0.15, 0.2) is 0 Å². The fourth-order valence-corrected chi connectivity index (χ4v) is 5.70. The van der Waals surface area contributed by atoms with Crippen molar-refractivity contribution >= 4 is 29.1 Å². The number of aliphatic carboxylic acids is 1. The van der Waals surface area contributed by atoms with Crippen molar-refractivity contribution in [3.05, 3.63) is 80.8 Å². The van der Waals surface area contributed by atoms with Crippen molar-refractivity contribution in [3.8, 4) is 0 Å². The van der Waals surface area contributed by atoms with Crippen molar-refractivity contribution in [3.63, 3.8) is 0 Å². The van der Waals surface area contributed by atoms with Gasteiger partial charge < -0.3 is 9.84 Å². The number of nitrogens with zero attached hydrogens (tertiary/aromatic N) is 2. The van der Waals surface area contributed by atoms with Gasteiger partial charge in [0.2, 0.25) is 0 Å². The molecule has 0 radical (unpaired) electrons. The molecule has 0 saturated carbocycles. The third-order valence-electron chi connectivity index (χ3n) is 5.57. The number of aromatic nitrogens is 1. The Balaban J connectivity index is 1.68. The van der Waals surface area contributed by atoms with Gasteiger partial charge in [-0.2, -0.15) is 0 Å². The van der Waals surface area contributed by atoms with Crippen LogP contribution in [0, 0.1) is 13.8 Å². The molecule has 0 saturated heterocycles. The molecular weight excluding hydrogens is 464 g/mol. The second-order valence-corrected chi connectivity index (χ2v) is 11.9. The lowest BCUT2D eigenvalue weighted by Crippen LogP contribution is -2.27. The molecule has 0 unspecified atom stereocenters. The first-order chi connectivity index (χ1) is 16.2. The quantitative estimate of drug-likeness (QED) is 0.311. The van der Waals surface area contributed by atoms with Crippen molar-refractivity contribution in [1.82, 2.24) is 9.88 Å². The van der Waals surface area contributed by atoms with Crippen LogP contribution in [0.5, 0.6) is 0 Å². The number of benzene rings is 2. The number of carboxylic acids is 1. The first-order valence-corrected chi connectivity index (χ1v) is 13.0. The van der Waals surface area contributed by atoms with E-state index in [1.807, 2.05) is 12.1 Å². The molecule has 3 aromatic rings. The van der Waals surface area contributed by atoms with E-state index in [0.717, 1.165) is 41.7 Å². The van der Waals surface area contributed by atoms with Crippen molar-refractivity contribution in [2.24, 2.45) is 0 Å². The second-order valence-electron chi connectivity index (χ2n) is 9.05. The lowest BCUT2D eigenvalue weighted by Gasteiger charge is -2.22. The molecule has 1 N–H and O–H groups in total. The Morgan fingerprint density at radius 3 is 2.50 bits per heavy atom. The Labute approximate surface area is 211 Å². The second kappa shape index (κ2) is 12.0. The van der Waals surface area contributed by atoms with Gasteiger partial charge in [-0.25, -0.2) is 4.98 Å². The molecule has 3 rings (SSSR count). The van der Waals surface area contributed by atoms with Gasteiger partial charge in [-0.3, -0.25) is 9.69 Å². The zero-order chi connectivity index (χ0) is 24.7. The van der Waals surface area contributed by atoms with E-state index >= 15 is 0 Å². The molecule has 7 heteroatoms. The average Bonchev–Trinajstić information content (AvgIpc) is 3.11. The highest BCUT2D eigenvalue weighted by molar-refractivity contribution is 8.01. The molecule has 182 valence electrons. The number of rotatable bonds is 12. The summed E-state index contributed by atoms with van der Waals surface area (Å²) in [6.07, 6.45) is 0.858. The summed E-state index contributed by atoms with van der Waals surface area (Å²) in [5.41, 5.74) is 4.85. The fraction of sp³-hybridized carbons (Fsp3) is 0.407. The summed E-state index contributed by atoms with van der Waals surface area (Å²) in [6, 6.07) is 16.8. The summed E-state index contributed by atoms with van der Waals surface area (Å²) in [5, 5.41) is 10.5. The molecular formula is C27H34N2O3S2. The molecule has 0 spiro atoms. The van der Waals surface area contributed by atoms with Crippen LogP contribution >= 0.6 is 23.1 Å². The molecule has 0 aliphatic heterocycles. The summed E-state index contributed by atoms with van der Waals surface area (Å²) in [5.74, 6) is -0.811. The maximum Gasteiger partial charge on any atom is 0.319 e. The standard InChI is InChI=1S/C27H34N2O3S2/c1-19-7-6-8-22(15-19)16-25-28-20(2)24(33-25)18-29(13-14-32-5)17-21-9-11-23(12-10-21)34-27(3,4)26(30)31/h6-12,15H,13-14,16-18H2,1-5H3,(H,30,31). The third kappa shape index (κ3) is 7.67. The van der Waals surface area contributed by atoms with E-state index in [4.69, 9.17) is 9.72 Å². The van der Waals surface area contributed by atoms with Crippen molar-refractivity contribution in [2.75, 3.05) is 20.3 Å². The van der Waals surface area contributed by atoms with E-state index in [1.165, 1.54) is 33.3 Å². The minimum atomic E-state index is -0.855. The highest BCUT2D eigenvalue weighted by Crippen LogP contribution is 2.33. The highest BCUT2D eigenvalue weighted by Gasteiger charge is 2.28. The average molecular weight is 499 g/mol. The maximum absolute atomic E-state index is 11.4. The van der Waals surface area contributed by atoms with Gasteiger partial charge in [-0.15, -0.1) is 23.1 Å². The largest absolute Gasteiger partial charge is 0.480 e. The van der Waals surface area contributed by atoms with Crippen LogP contribution in [-0.2, 0) is 29.0 Å². The smallest absolute Gasteiger partial charge is 0.319 e. The molecule has 0 atom stereocenters. The Kier molecular flexibility index (Phi) is 9.31. The zero-order valence-electron chi connectivity index (χ0n) is 20.6. The van der Waals surface area contributed by atoms with Crippen LogP contribution in [0.2, 0.25) is 0 Å². The number of methoxy groups -OCH3 is 1. The fourth-order valence-electron chi connectivity index (χ4n) is 3.60. The number of thiazole rings is 1. The molecule has 0 aliphatic rings. The van der Waals surface area contributed by atoms with Gasteiger partial charge in [0.05, 0.1) is 17.3 Å². The highest BCUT2D eigenvalue weighted by atomic mass is 32.2. The summed E-state index contributed by atoms with van der Waals surface area (Å²) < 4.78 is 4.50. The Bertz CT molecular complexity index is 1090. The van der Waals surface area contributed by atoms with Gasteiger partial charge in [0, 0.05) is 42.9 Å². The monoisotopic (exact) mass is 498 g/mol. The number of hydrogen-bond donors (Lipinski definition) is 1. The van der Waals surface area contributed by atoms with Crippen LogP contribution in [0.25, 0.3) is 0 Å². The number of thioether (sulfide) groups is 1. The number of carbonyl (C=O) groups is 1. The molecule has 0 aliphatic carbocycles. The number of hydrogen-bond acceptors (Lipinski definition) is 6.